The number of anilines is 1. The minimum Gasteiger partial charge on any atom is -0.288 e. The lowest BCUT2D eigenvalue weighted by molar-refractivity contribution is 0.282. The fourth-order valence-corrected chi connectivity index (χ4v) is 1.71. The van der Waals surface area contributed by atoms with E-state index in [2.05, 4.69) is 15.9 Å². The summed E-state index contributed by atoms with van der Waals surface area (Å²) in [7, 11) is 1.60. The lowest BCUT2D eigenvalue weighted by Crippen LogP contribution is -2.06. The van der Waals surface area contributed by atoms with Gasteiger partial charge in [0, 0.05) is 7.05 Å². The van der Waals surface area contributed by atoms with Crippen molar-refractivity contribution in [1.29, 1.82) is 0 Å². The maximum atomic E-state index is 8.86. The van der Waals surface area contributed by atoms with Gasteiger partial charge >= 0.3 is 0 Å². The smallest absolute Gasteiger partial charge is 0.117 e. The maximum absolute atomic E-state index is 8.86. The third-order valence-electron chi connectivity index (χ3n) is 0.878. The van der Waals surface area contributed by atoms with Crippen LogP contribution in [0.2, 0.25) is 0 Å². The summed E-state index contributed by atoms with van der Waals surface area (Å²) >= 11 is 4.77. The van der Waals surface area contributed by atoms with Crippen LogP contribution in [0, 0.1) is 0 Å². The molecule has 1 N–H and O–H groups in total. The highest BCUT2D eigenvalue weighted by molar-refractivity contribution is 9.11. The van der Waals surface area contributed by atoms with Gasteiger partial charge in [-0.05, 0) is 28.1 Å². The van der Waals surface area contributed by atoms with E-state index in [0.29, 0.717) is 0 Å². The summed E-state index contributed by atoms with van der Waals surface area (Å²) in [5, 5.41) is 10.8. The molecule has 0 atom stereocenters. The van der Waals surface area contributed by atoms with Gasteiger partial charge in [0.2, 0.25) is 0 Å². The van der Waals surface area contributed by atoms with Gasteiger partial charge in [0.05, 0.1) is 3.79 Å². The minimum absolute atomic E-state index is 0.835. The van der Waals surface area contributed by atoms with Crippen molar-refractivity contribution in [3.05, 3.63) is 15.9 Å². The van der Waals surface area contributed by atoms with E-state index in [1.807, 2.05) is 12.1 Å². The largest absolute Gasteiger partial charge is 0.288 e. The fourth-order valence-electron chi connectivity index (χ4n) is 0.479. The van der Waals surface area contributed by atoms with Gasteiger partial charge in [0.15, 0.2) is 0 Å². The number of hydrogen-bond donors (Lipinski definition) is 1. The Hall–Kier alpha value is -0.0600. The molecule has 9 heavy (non-hydrogen) atoms. The normalized spacial score (nSPS) is 9.67. The Labute approximate surface area is 65.8 Å². The van der Waals surface area contributed by atoms with Crippen LogP contribution in [-0.4, -0.2) is 12.3 Å². The van der Waals surface area contributed by atoms with Crippen molar-refractivity contribution in [2.75, 3.05) is 12.1 Å². The van der Waals surface area contributed by atoms with Gasteiger partial charge in [-0.3, -0.25) is 10.3 Å². The summed E-state index contributed by atoms with van der Waals surface area (Å²) in [6.45, 7) is 0. The first-order valence-electron chi connectivity index (χ1n) is 2.38. The van der Waals surface area contributed by atoms with Crippen molar-refractivity contribution in [2.45, 2.75) is 0 Å². The molecule has 4 heteroatoms. The summed E-state index contributed by atoms with van der Waals surface area (Å²) in [5.74, 6) is 0. The molecule has 0 bridgehead atoms. The topological polar surface area (TPSA) is 23.5 Å². The van der Waals surface area contributed by atoms with Crippen molar-refractivity contribution < 1.29 is 5.21 Å². The Kier molecular flexibility index (Phi) is 2.10. The van der Waals surface area contributed by atoms with E-state index >= 15 is 0 Å². The SMILES string of the molecule is CN(O)c1ccc(Br)s1. The van der Waals surface area contributed by atoms with Crippen LogP contribution in [0.5, 0.6) is 0 Å². The first kappa shape index (κ1) is 7.05. The van der Waals surface area contributed by atoms with Crippen LogP contribution in [0.1, 0.15) is 0 Å². The van der Waals surface area contributed by atoms with Crippen LogP contribution in [0.15, 0.2) is 15.9 Å². The summed E-state index contributed by atoms with van der Waals surface area (Å²) < 4.78 is 1.03. The van der Waals surface area contributed by atoms with Crippen LogP contribution in [0.4, 0.5) is 5.00 Å². The second-order valence-electron chi connectivity index (χ2n) is 1.60. The molecule has 0 amide bonds. The minimum atomic E-state index is 0.835. The first-order valence-corrected chi connectivity index (χ1v) is 3.99. The Bertz CT molecular complexity index is 199. The van der Waals surface area contributed by atoms with Crippen LogP contribution in [-0.2, 0) is 0 Å². The molecule has 0 fully saturated rings. The van der Waals surface area contributed by atoms with E-state index in [1.165, 1.54) is 11.3 Å². The molecule has 50 valence electrons. The standard InChI is InChI=1S/C5H6BrNOS/c1-7(8)5-3-2-4(6)9-5/h2-3,8H,1H3. The predicted octanol–water partition coefficient (Wildman–Crippen LogP) is 2.34. The maximum Gasteiger partial charge on any atom is 0.117 e. The quantitative estimate of drug-likeness (QED) is 0.716. The summed E-state index contributed by atoms with van der Waals surface area (Å²) in [6.07, 6.45) is 0. The Morgan fingerprint density at radius 2 is 2.33 bits per heavy atom. The summed E-state index contributed by atoms with van der Waals surface area (Å²) in [6, 6.07) is 3.74. The molecule has 1 aromatic rings. The highest BCUT2D eigenvalue weighted by Gasteiger charge is 1.98. The van der Waals surface area contributed by atoms with Crippen molar-refractivity contribution >= 4 is 32.3 Å². The third kappa shape index (κ3) is 1.67. The van der Waals surface area contributed by atoms with E-state index in [4.69, 9.17) is 5.21 Å². The van der Waals surface area contributed by atoms with Crippen molar-refractivity contribution in [1.82, 2.24) is 0 Å². The number of hydrogen-bond acceptors (Lipinski definition) is 3. The van der Waals surface area contributed by atoms with E-state index in [1.54, 1.807) is 7.05 Å². The van der Waals surface area contributed by atoms with Crippen molar-refractivity contribution in [2.24, 2.45) is 0 Å². The molecule has 0 aliphatic heterocycles. The zero-order valence-electron chi connectivity index (χ0n) is 4.84. The van der Waals surface area contributed by atoms with E-state index in [-0.39, 0.29) is 0 Å². The third-order valence-corrected chi connectivity index (χ3v) is 2.57. The first-order chi connectivity index (χ1) is 4.20. The van der Waals surface area contributed by atoms with Crippen molar-refractivity contribution in [3.8, 4) is 0 Å². The predicted molar refractivity (Wildman–Crippen MR) is 42.2 cm³/mol. The zero-order chi connectivity index (χ0) is 6.85. The molecule has 0 saturated heterocycles. The molecular formula is C5H6BrNOS. The Morgan fingerprint density at radius 3 is 2.56 bits per heavy atom. The fraction of sp³-hybridized carbons (Fsp3) is 0.200. The molecule has 0 aliphatic rings. The van der Waals surface area contributed by atoms with E-state index in [9.17, 15) is 0 Å². The number of hydroxylamine groups is 1. The van der Waals surface area contributed by atoms with Crippen molar-refractivity contribution in [3.63, 3.8) is 0 Å². The molecule has 1 aromatic heterocycles. The van der Waals surface area contributed by atoms with E-state index in [0.717, 1.165) is 13.9 Å². The molecule has 0 aliphatic carbocycles. The van der Waals surface area contributed by atoms with E-state index < -0.39 is 0 Å². The Balaban J connectivity index is 2.85. The average Bonchev–Trinajstić information content (AvgIpc) is 2.14. The molecule has 0 aromatic carbocycles. The van der Waals surface area contributed by atoms with Gasteiger partial charge in [-0.25, -0.2) is 0 Å². The lowest BCUT2D eigenvalue weighted by atomic mass is 10.6. The molecule has 1 heterocycles. The van der Waals surface area contributed by atoms with Gasteiger partial charge in [0.25, 0.3) is 0 Å². The van der Waals surface area contributed by atoms with Crippen LogP contribution >= 0.6 is 27.3 Å². The second kappa shape index (κ2) is 2.68. The van der Waals surface area contributed by atoms with Gasteiger partial charge in [-0.15, -0.1) is 11.3 Å². The van der Waals surface area contributed by atoms with Crippen LogP contribution in [0.3, 0.4) is 0 Å². The average molecular weight is 208 g/mol. The van der Waals surface area contributed by atoms with Crippen LogP contribution < -0.4 is 5.06 Å². The van der Waals surface area contributed by atoms with Gasteiger partial charge < -0.3 is 0 Å². The Morgan fingerprint density at radius 1 is 1.67 bits per heavy atom. The number of nitrogens with zero attached hydrogens (tertiary/aromatic N) is 1. The number of halogens is 1. The molecule has 0 unspecified atom stereocenters. The zero-order valence-corrected chi connectivity index (χ0v) is 7.24. The number of rotatable bonds is 1. The van der Waals surface area contributed by atoms with Gasteiger partial charge in [-0.2, -0.15) is 0 Å². The highest BCUT2D eigenvalue weighted by Crippen LogP contribution is 2.27. The second-order valence-corrected chi connectivity index (χ2v) is 4.04. The number of thiophene rings is 1. The molecule has 0 saturated carbocycles. The highest BCUT2D eigenvalue weighted by atomic mass is 79.9. The molecule has 1 rings (SSSR count). The molecule has 0 spiro atoms. The molecule has 0 radical (unpaired) electrons. The summed E-state index contributed by atoms with van der Waals surface area (Å²) in [4.78, 5) is 0. The van der Waals surface area contributed by atoms with Gasteiger partial charge in [0.1, 0.15) is 5.00 Å². The summed E-state index contributed by atoms with van der Waals surface area (Å²) in [5.41, 5.74) is 0. The molecular weight excluding hydrogens is 202 g/mol. The van der Waals surface area contributed by atoms with Crippen LogP contribution in [0.25, 0.3) is 0 Å². The molecule has 2 nitrogen and oxygen atoms in total. The monoisotopic (exact) mass is 207 g/mol. The van der Waals surface area contributed by atoms with Gasteiger partial charge in [-0.1, -0.05) is 0 Å². The lowest BCUT2D eigenvalue weighted by Gasteiger charge is -2.03.